The SMILES string of the molecule is COc1ccc(OC(C)N2CCC(c3ccc(CCCOc4c(F)ccc(F)c4F)cc3)=C(C(=O)OC3CC3)C2)cc1. The van der Waals surface area contributed by atoms with E-state index in [1.807, 2.05) is 55.5 Å². The number of halogens is 3. The van der Waals surface area contributed by atoms with Crippen LogP contribution in [0.25, 0.3) is 5.57 Å². The number of hydrogen-bond donors (Lipinski definition) is 0. The number of carbonyl (C=O) groups is 1. The van der Waals surface area contributed by atoms with Crippen molar-refractivity contribution in [1.29, 1.82) is 0 Å². The Morgan fingerprint density at radius 2 is 1.64 bits per heavy atom. The molecule has 0 amide bonds. The van der Waals surface area contributed by atoms with Crippen LogP contribution in [0.4, 0.5) is 13.2 Å². The molecule has 1 atom stereocenters. The monoisotopic (exact) mass is 581 g/mol. The van der Waals surface area contributed by atoms with Crippen molar-refractivity contribution in [3.63, 3.8) is 0 Å². The molecule has 1 aliphatic carbocycles. The minimum absolute atomic E-state index is 0.00600. The van der Waals surface area contributed by atoms with Crippen LogP contribution < -0.4 is 14.2 Å². The molecule has 0 aromatic heterocycles. The van der Waals surface area contributed by atoms with Crippen molar-refractivity contribution in [3.05, 3.63) is 94.8 Å². The fourth-order valence-electron chi connectivity index (χ4n) is 4.90. The zero-order valence-electron chi connectivity index (χ0n) is 23.7. The number of methoxy groups -OCH3 is 1. The lowest BCUT2D eigenvalue weighted by atomic mass is 9.92. The highest BCUT2D eigenvalue weighted by molar-refractivity contribution is 5.98. The van der Waals surface area contributed by atoms with Crippen molar-refractivity contribution in [2.24, 2.45) is 0 Å². The number of aryl methyl sites for hydroxylation is 1. The summed E-state index contributed by atoms with van der Waals surface area (Å²) in [7, 11) is 1.62. The van der Waals surface area contributed by atoms with Gasteiger partial charge < -0.3 is 18.9 Å². The van der Waals surface area contributed by atoms with Gasteiger partial charge in [-0.2, -0.15) is 4.39 Å². The standard InChI is InChI=1S/C33H34F3NO5/c1-21(41-25-11-9-24(39-2)10-12-25)37-18-17-27(28(20-37)33(38)42-26-13-14-26)23-7-5-22(6-8-23)4-3-19-40-32-30(35)16-15-29(34)31(32)36/h5-12,15-16,21,26H,3-4,13-14,17-20H2,1-2H3. The summed E-state index contributed by atoms with van der Waals surface area (Å²) in [5, 5.41) is 0. The Labute approximate surface area is 243 Å². The third-order valence-corrected chi connectivity index (χ3v) is 7.46. The molecule has 3 aromatic carbocycles. The van der Waals surface area contributed by atoms with Gasteiger partial charge in [0.05, 0.1) is 19.3 Å². The van der Waals surface area contributed by atoms with Gasteiger partial charge in [-0.15, -0.1) is 0 Å². The fourth-order valence-corrected chi connectivity index (χ4v) is 4.90. The highest BCUT2D eigenvalue weighted by Crippen LogP contribution is 2.33. The molecule has 2 aliphatic rings. The molecule has 3 aromatic rings. The van der Waals surface area contributed by atoms with Gasteiger partial charge in [-0.05, 0) is 92.1 Å². The van der Waals surface area contributed by atoms with Crippen molar-refractivity contribution in [2.75, 3.05) is 26.8 Å². The van der Waals surface area contributed by atoms with Crippen molar-refractivity contribution in [1.82, 2.24) is 4.90 Å². The molecule has 0 saturated heterocycles. The third kappa shape index (κ3) is 7.26. The molecule has 0 spiro atoms. The van der Waals surface area contributed by atoms with Crippen molar-refractivity contribution < 1.29 is 36.9 Å². The van der Waals surface area contributed by atoms with Gasteiger partial charge in [0.1, 0.15) is 23.8 Å². The molecule has 42 heavy (non-hydrogen) atoms. The second-order valence-corrected chi connectivity index (χ2v) is 10.5. The first-order valence-corrected chi connectivity index (χ1v) is 14.2. The topological polar surface area (TPSA) is 57.2 Å². The maximum absolute atomic E-state index is 13.8. The molecular formula is C33H34F3NO5. The summed E-state index contributed by atoms with van der Waals surface area (Å²) in [6, 6.07) is 16.9. The lowest BCUT2D eigenvalue weighted by molar-refractivity contribution is -0.140. The molecule has 9 heteroatoms. The first kappa shape index (κ1) is 29.5. The van der Waals surface area contributed by atoms with E-state index in [0.29, 0.717) is 43.7 Å². The molecule has 5 rings (SSSR count). The largest absolute Gasteiger partial charge is 0.497 e. The molecule has 0 N–H and O–H groups in total. The molecule has 0 bridgehead atoms. The van der Waals surface area contributed by atoms with Gasteiger partial charge in [0.25, 0.3) is 0 Å². The molecule has 6 nitrogen and oxygen atoms in total. The normalized spacial score (nSPS) is 16.2. The summed E-state index contributed by atoms with van der Waals surface area (Å²) >= 11 is 0. The fraction of sp³-hybridized carbons (Fsp3) is 0.364. The van der Waals surface area contributed by atoms with Gasteiger partial charge in [-0.25, -0.2) is 13.6 Å². The van der Waals surface area contributed by atoms with E-state index in [4.69, 9.17) is 18.9 Å². The highest BCUT2D eigenvalue weighted by Gasteiger charge is 2.33. The molecule has 1 fully saturated rings. The molecule has 0 radical (unpaired) electrons. The van der Waals surface area contributed by atoms with E-state index in [0.717, 1.165) is 47.4 Å². The number of ether oxygens (including phenoxy) is 4. The Morgan fingerprint density at radius 3 is 2.33 bits per heavy atom. The lowest BCUT2D eigenvalue weighted by Gasteiger charge is -2.34. The quantitative estimate of drug-likeness (QED) is 0.135. The zero-order valence-corrected chi connectivity index (χ0v) is 23.7. The molecule has 1 unspecified atom stereocenters. The van der Waals surface area contributed by atoms with Crippen LogP contribution in [0.1, 0.15) is 43.7 Å². The summed E-state index contributed by atoms with van der Waals surface area (Å²) in [5.74, 6) is -2.93. The van der Waals surface area contributed by atoms with Crippen LogP contribution in [0, 0.1) is 17.5 Å². The molecular weight excluding hydrogens is 547 g/mol. The molecule has 1 heterocycles. The summed E-state index contributed by atoms with van der Waals surface area (Å²) in [5.41, 5.74) is 3.55. The summed E-state index contributed by atoms with van der Waals surface area (Å²) in [4.78, 5) is 15.3. The Kier molecular flexibility index (Phi) is 9.37. The number of nitrogens with zero attached hydrogens (tertiary/aromatic N) is 1. The number of esters is 1. The van der Waals surface area contributed by atoms with Gasteiger partial charge in [-0.3, -0.25) is 4.90 Å². The summed E-state index contributed by atoms with van der Waals surface area (Å²) < 4.78 is 63.2. The van der Waals surface area contributed by atoms with Gasteiger partial charge in [0.15, 0.2) is 17.4 Å². The van der Waals surface area contributed by atoms with E-state index in [-0.39, 0.29) is 24.9 Å². The average molecular weight is 582 g/mol. The Hall–Kier alpha value is -3.98. The minimum Gasteiger partial charge on any atom is -0.497 e. The minimum atomic E-state index is -1.32. The smallest absolute Gasteiger partial charge is 0.335 e. The van der Waals surface area contributed by atoms with Crippen LogP contribution in [-0.4, -0.2) is 50.0 Å². The van der Waals surface area contributed by atoms with Crippen LogP contribution in [0.5, 0.6) is 17.2 Å². The van der Waals surface area contributed by atoms with Crippen molar-refractivity contribution >= 4 is 11.5 Å². The number of carbonyl (C=O) groups excluding carboxylic acids is 1. The maximum atomic E-state index is 13.8. The molecule has 222 valence electrons. The number of rotatable bonds is 12. The third-order valence-electron chi connectivity index (χ3n) is 7.46. The Morgan fingerprint density at radius 1 is 0.952 bits per heavy atom. The van der Waals surface area contributed by atoms with Gasteiger partial charge in [0.2, 0.25) is 5.82 Å². The second-order valence-electron chi connectivity index (χ2n) is 10.5. The van der Waals surface area contributed by atoms with Crippen LogP contribution in [0.2, 0.25) is 0 Å². The lowest BCUT2D eigenvalue weighted by Crippen LogP contribution is -2.43. The van der Waals surface area contributed by atoms with Crippen molar-refractivity contribution in [3.8, 4) is 17.2 Å². The molecule has 1 aliphatic heterocycles. The summed E-state index contributed by atoms with van der Waals surface area (Å²) in [6.07, 6.45) is 3.26. The summed E-state index contributed by atoms with van der Waals surface area (Å²) in [6.45, 7) is 3.12. The Balaban J connectivity index is 1.23. The number of hydrogen-bond acceptors (Lipinski definition) is 6. The van der Waals surface area contributed by atoms with Crippen LogP contribution in [0.3, 0.4) is 0 Å². The predicted octanol–water partition coefficient (Wildman–Crippen LogP) is 6.71. The van der Waals surface area contributed by atoms with Crippen LogP contribution in [-0.2, 0) is 16.0 Å². The average Bonchev–Trinajstić information content (AvgIpc) is 3.83. The van der Waals surface area contributed by atoms with E-state index in [1.54, 1.807) is 7.11 Å². The highest BCUT2D eigenvalue weighted by atomic mass is 19.2. The van der Waals surface area contributed by atoms with E-state index in [2.05, 4.69) is 4.90 Å². The Bertz CT molecular complexity index is 1420. The molecule has 1 saturated carbocycles. The zero-order chi connectivity index (χ0) is 29.6. The van der Waals surface area contributed by atoms with E-state index < -0.39 is 23.2 Å². The maximum Gasteiger partial charge on any atom is 0.335 e. The number of benzene rings is 3. The van der Waals surface area contributed by atoms with E-state index in [9.17, 15) is 18.0 Å². The van der Waals surface area contributed by atoms with E-state index in [1.165, 1.54) is 0 Å². The first-order valence-electron chi connectivity index (χ1n) is 14.2. The second kappa shape index (κ2) is 13.3. The van der Waals surface area contributed by atoms with Gasteiger partial charge in [0, 0.05) is 13.1 Å². The van der Waals surface area contributed by atoms with Gasteiger partial charge >= 0.3 is 5.97 Å². The van der Waals surface area contributed by atoms with Crippen molar-refractivity contribution in [2.45, 2.75) is 51.4 Å². The first-order chi connectivity index (χ1) is 20.3. The van der Waals surface area contributed by atoms with E-state index >= 15 is 0 Å². The van der Waals surface area contributed by atoms with Gasteiger partial charge in [-0.1, -0.05) is 24.3 Å². The van der Waals surface area contributed by atoms with Crippen LogP contribution >= 0.6 is 0 Å². The predicted molar refractivity (Wildman–Crippen MR) is 152 cm³/mol. The van der Waals surface area contributed by atoms with Crippen LogP contribution in [0.15, 0.2) is 66.2 Å².